The average molecular weight is 204 g/mol. The molecule has 80 valence electrons. The molecular weight excluding hydrogens is 188 g/mol. The van der Waals surface area contributed by atoms with Gasteiger partial charge in [0.05, 0.1) is 11.2 Å². The first-order valence-electron chi connectivity index (χ1n) is 5.21. The zero-order chi connectivity index (χ0) is 11.0. The number of hydrogen-bond acceptors (Lipinski definition) is 2. The lowest BCUT2D eigenvalue weighted by atomic mass is 10.0. The first-order valence-corrected chi connectivity index (χ1v) is 5.21. The van der Waals surface area contributed by atoms with Crippen LogP contribution in [0.15, 0.2) is 24.3 Å². The molecule has 0 bridgehead atoms. The summed E-state index contributed by atoms with van der Waals surface area (Å²) < 4.78 is 1.82. The van der Waals surface area contributed by atoms with Crippen molar-refractivity contribution in [2.45, 2.75) is 20.0 Å². The second-order valence-corrected chi connectivity index (χ2v) is 4.21. The fourth-order valence-corrected chi connectivity index (χ4v) is 1.78. The largest absolute Gasteiger partial charge is 0.386 e. The van der Waals surface area contributed by atoms with Crippen LogP contribution < -0.4 is 0 Å². The molecule has 1 unspecified atom stereocenters. The summed E-state index contributed by atoms with van der Waals surface area (Å²) in [5, 5.41) is 15.5. The van der Waals surface area contributed by atoms with Crippen LogP contribution in [0, 0.1) is 5.92 Å². The Hall–Kier alpha value is -1.35. The maximum Gasteiger partial charge on any atom is 0.101 e. The van der Waals surface area contributed by atoms with Gasteiger partial charge in [-0.3, -0.25) is 4.68 Å². The van der Waals surface area contributed by atoms with Crippen LogP contribution in [0.2, 0.25) is 0 Å². The summed E-state index contributed by atoms with van der Waals surface area (Å²) in [6.07, 6.45) is -0.490. The van der Waals surface area contributed by atoms with Gasteiger partial charge in [0, 0.05) is 12.4 Å². The maximum absolute atomic E-state index is 10.0. The van der Waals surface area contributed by atoms with Gasteiger partial charge in [-0.05, 0) is 12.0 Å². The van der Waals surface area contributed by atoms with Crippen molar-refractivity contribution in [3.8, 4) is 0 Å². The smallest absolute Gasteiger partial charge is 0.101 e. The fraction of sp³-hybridized carbons (Fsp3) is 0.417. The minimum absolute atomic E-state index is 0.184. The van der Waals surface area contributed by atoms with E-state index in [2.05, 4.69) is 5.10 Å². The maximum atomic E-state index is 10.0. The van der Waals surface area contributed by atoms with Crippen LogP contribution in [0.25, 0.3) is 10.9 Å². The number of para-hydroxylation sites is 1. The lowest BCUT2D eigenvalue weighted by Crippen LogP contribution is -2.07. The van der Waals surface area contributed by atoms with Crippen LogP contribution in [-0.2, 0) is 7.05 Å². The summed E-state index contributed by atoms with van der Waals surface area (Å²) in [7, 11) is 1.90. The van der Waals surface area contributed by atoms with Gasteiger partial charge in [0.25, 0.3) is 0 Å². The van der Waals surface area contributed by atoms with Gasteiger partial charge in [-0.15, -0.1) is 0 Å². The number of aryl methyl sites for hydroxylation is 1. The summed E-state index contributed by atoms with van der Waals surface area (Å²) in [5.74, 6) is 0.184. The highest BCUT2D eigenvalue weighted by atomic mass is 16.3. The summed E-state index contributed by atoms with van der Waals surface area (Å²) in [6, 6.07) is 7.97. The van der Waals surface area contributed by atoms with Crippen LogP contribution in [0.3, 0.4) is 0 Å². The van der Waals surface area contributed by atoms with E-state index in [-0.39, 0.29) is 5.92 Å². The first-order chi connectivity index (χ1) is 7.11. The second-order valence-electron chi connectivity index (χ2n) is 4.21. The van der Waals surface area contributed by atoms with Gasteiger partial charge < -0.3 is 5.11 Å². The average Bonchev–Trinajstić information content (AvgIpc) is 2.56. The van der Waals surface area contributed by atoms with E-state index in [4.69, 9.17) is 0 Å². The molecule has 0 saturated carbocycles. The van der Waals surface area contributed by atoms with E-state index in [0.29, 0.717) is 0 Å². The molecule has 0 aliphatic rings. The lowest BCUT2D eigenvalue weighted by Gasteiger charge is -2.11. The molecular formula is C12H16N2O. The van der Waals surface area contributed by atoms with E-state index in [1.165, 1.54) is 0 Å². The quantitative estimate of drug-likeness (QED) is 0.814. The van der Waals surface area contributed by atoms with Gasteiger partial charge >= 0.3 is 0 Å². The van der Waals surface area contributed by atoms with E-state index in [1.807, 2.05) is 49.8 Å². The van der Waals surface area contributed by atoms with Gasteiger partial charge in [0.1, 0.15) is 6.10 Å². The molecule has 0 radical (unpaired) electrons. The van der Waals surface area contributed by atoms with Crippen molar-refractivity contribution in [1.82, 2.24) is 9.78 Å². The van der Waals surface area contributed by atoms with Gasteiger partial charge in [0.15, 0.2) is 0 Å². The Morgan fingerprint density at radius 3 is 2.60 bits per heavy atom. The van der Waals surface area contributed by atoms with E-state index in [0.717, 1.165) is 16.6 Å². The second kappa shape index (κ2) is 3.66. The number of benzene rings is 1. The van der Waals surface area contributed by atoms with Crippen molar-refractivity contribution in [1.29, 1.82) is 0 Å². The highest BCUT2D eigenvalue weighted by Crippen LogP contribution is 2.27. The van der Waals surface area contributed by atoms with E-state index >= 15 is 0 Å². The standard InChI is InChI=1S/C12H16N2O/c1-8(2)12(15)11-9-6-4-5-7-10(9)14(3)13-11/h4-8,12,15H,1-3H3. The van der Waals surface area contributed by atoms with Crippen LogP contribution in [0.5, 0.6) is 0 Å². The Balaban J connectivity index is 2.62. The fourth-order valence-electron chi connectivity index (χ4n) is 1.78. The summed E-state index contributed by atoms with van der Waals surface area (Å²) in [5.41, 5.74) is 1.84. The third kappa shape index (κ3) is 1.63. The third-order valence-corrected chi connectivity index (χ3v) is 2.70. The molecule has 0 spiro atoms. The van der Waals surface area contributed by atoms with Crippen molar-refractivity contribution < 1.29 is 5.11 Å². The van der Waals surface area contributed by atoms with Gasteiger partial charge in [0.2, 0.25) is 0 Å². The lowest BCUT2D eigenvalue weighted by molar-refractivity contribution is 0.123. The van der Waals surface area contributed by atoms with Crippen molar-refractivity contribution in [2.75, 3.05) is 0 Å². The topological polar surface area (TPSA) is 38.1 Å². The van der Waals surface area contributed by atoms with Gasteiger partial charge in [-0.25, -0.2) is 0 Å². The van der Waals surface area contributed by atoms with Crippen LogP contribution >= 0.6 is 0 Å². The Kier molecular flexibility index (Phi) is 2.49. The number of aliphatic hydroxyl groups is 1. The number of nitrogens with zero attached hydrogens (tertiary/aromatic N) is 2. The summed E-state index contributed by atoms with van der Waals surface area (Å²) in [4.78, 5) is 0. The Bertz CT molecular complexity index is 473. The molecule has 2 rings (SSSR count). The molecule has 2 aromatic rings. The summed E-state index contributed by atoms with van der Waals surface area (Å²) >= 11 is 0. The molecule has 0 aliphatic carbocycles. The zero-order valence-corrected chi connectivity index (χ0v) is 9.31. The molecule has 0 fully saturated rings. The molecule has 0 aliphatic heterocycles. The Labute approximate surface area is 89.3 Å². The zero-order valence-electron chi connectivity index (χ0n) is 9.31. The highest BCUT2D eigenvalue weighted by Gasteiger charge is 2.18. The third-order valence-electron chi connectivity index (χ3n) is 2.70. The van der Waals surface area contributed by atoms with Crippen molar-refractivity contribution in [2.24, 2.45) is 13.0 Å². The number of aliphatic hydroxyl groups excluding tert-OH is 1. The SMILES string of the molecule is CC(C)C(O)c1nn(C)c2ccccc12. The molecule has 3 heteroatoms. The molecule has 15 heavy (non-hydrogen) atoms. The minimum atomic E-state index is -0.490. The number of hydrogen-bond donors (Lipinski definition) is 1. The number of fused-ring (bicyclic) bond motifs is 1. The monoisotopic (exact) mass is 204 g/mol. The molecule has 1 heterocycles. The summed E-state index contributed by atoms with van der Waals surface area (Å²) in [6.45, 7) is 3.99. The van der Waals surface area contributed by atoms with Crippen LogP contribution in [0.1, 0.15) is 25.6 Å². The molecule has 1 N–H and O–H groups in total. The highest BCUT2D eigenvalue weighted by molar-refractivity contribution is 5.82. The van der Waals surface area contributed by atoms with Crippen molar-refractivity contribution in [3.05, 3.63) is 30.0 Å². The van der Waals surface area contributed by atoms with Crippen LogP contribution in [0.4, 0.5) is 0 Å². The van der Waals surface area contributed by atoms with E-state index in [1.54, 1.807) is 0 Å². The molecule has 3 nitrogen and oxygen atoms in total. The van der Waals surface area contributed by atoms with Gasteiger partial charge in [-0.1, -0.05) is 32.0 Å². The minimum Gasteiger partial charge on any atom is -0.386 e. The Morgan fingerprint density at radius 2 is 1.93 bits per heavy atom. The predicted molar refractivity (Wildman–Crippen MR) is 60.5 cm³/mol. The van der Waals surface area contributed by atoms with E-state index in [9.17, 15) is 5.11 Å². The Morgan fingerprint density at radius 1 is 1.27 bits per heavy atom. The van der Waals surface area contributed by atoms with Crippen molar-refractivity contribution in [3.63, 3.8) is 0 Å². The molecule has 1 atom stereocenters. The van der Waals surface area contributed by atoms with Crippen LogP contribution in [-0.4, -0.2) is 14.9 Å². The molecule has 1 aromatic heterocycles. The first kappa shape index (κ1) is 10.2. The molecule has 0 saturated heterocycles. The number of rotatable bonds is 2. The van der Waals surface area contributed by atoms with E-state index < -0.39 is 6.10 Å². The van der Waals surface area contributed by atoms with Gasteiger partial charge in [-0.2, -0.15) is 5.10 Å². The number of aromatic nitrogens is 2. The normalized spacial score (nSPS) is 13.7. The molecule has 0 amide bonds. The predicted octanol–water partition coefficient (Wildman–Crippen LogP) is 2.26. The molecule has 1 aromatic carbocycles. The van der Waals surface area contributed by atoms with Crippen molar-refractivity contribution >= 4 is 10.9 Å².